The smallest absolute Gasteiger partial charge is 0.357 e. The fraction of sp³-hybridized carbons (Fsp3) is 0.308. The Hall–Kier alpha value is -4.14. The van der Waals surface area contributed by atoms with E-state index < -0.39 is 11.9 Å². The highest BCUT2D eigenvalue weighted by atomic mass is 16.5. The lowest BCUT2D eigenvalue weighted by Crippen LogP contribution is -2.38. The fourth-order valence-corrected chi connectivity index (χ4v) is 4.05. The molecule has 1 aliphatic rings. The number of aromatic nitrogens is 2. The Labute approximate surface area is 203 Å². The average molecular weight is 478 g/mol. The number of carbonyl (C=O) groups is 3. The second-order valence-electron chi connectivity index (χ2n) is 8.06. The molecule has 0 atom stereocenters. The number of esters is 2. The van der Waals surface area contributed by atoms with Crippen LogP contribution in [0.2, 0.25) is 0 Å². The van der Waals surface area contributed by atoms with Crippen LogP contribution >= 0.6 is 0 Å². The fourth-order valence-electron chi connectivity index (χ4n) is 4.05. The molecule has 2 aromatic carbocycles. The maximum Gasteiger partial charge on any atom is 0.357 e. The van der Waals surface area contributed by atoms with Gasteiger partial charge in [-0.25, -0.2) is 14.3 Å². The molecule has 0 N–H and O–H groups in total. The van der Waals surface area contributed by atoms with Crippen molar-refractivity contribution in [2.24, 2.45) is 0 Å². The van der Waals surface area contributed by atoms with Crippen LogP contribution in [0.5, 0.6) is 5.75 Å². The summed E-state index contributed by atoms with van der Waals surface area (Å²) in [5.41, 5.74) is 1.38. The summed E-state index contributed by atoms with van der Waals surface area (Å²) in [5, 5.41) is 4.57. The highest BCUT2D eigenvalue weighted by Gasteiger charge is 2.31. The largest absolute Gasteiger partial charge is 0.484 e. The first kappa shape index (κ1) is 24.0. The molecule has 9 nitrogen and oxygen atoms in total. The van der Waals surface area contributed by atoms with Gasteiger partial charge in [0.1, 0.15) is 17.0 Å². The molecule has 0 unspecified atom stereocenters. The summed E-state index contributed by atoms with van der Waals surface area (Å²) >= 11 is 0. The van der Waals surface area contributed by atoms with Gasteiger partial charge in [0.2, 0.25) is 0 Å². The van der Waals surface area contributed by atoms with Gasteiger partial charge in [-0.1, -0.05) is 18.2 Å². The quantitative estimate of drug-likeness (QED) is 0.480. The number of likely N-dealkylation sites (tertiary alicyclic amines) is 1. The molecule has 1 aliphatic heterocycles. The van der Waals surface area contributed by atoms with E-state index in [0.717, 1.165) is 32.4 Å². The van der Waals surface area contributed by atoms with Crippen LogP contribution in [-0.2, 0) is 14.3 Å². The molecule has 9 heteroatoms. The molecule has 1 aromatic heterocycles. The van der Waals surface area contributed by atoms with Crippen molar-refractivity contribution in [2.45, 2.75) is 19.3 Å². The van der Waals surface area contributed by atoms with E-state index in [1.54, 1.807) is 48.5 Å². The molecule has 2 heterocycles. The molecule has 0 bridgehead atoms. The second kappa shape index (κ2) is 10.9. The summed E-state index contributed by atoms with van der Waals surface area (Å²) in [6.45, 7) is 1.50. The maximum absolute atomic E-state index is 12.7. The van der Waals surface area contributed by atoms with E-state index in [-0.39, 0.29) is 29.5 Å². The molecule has 0 saturated carbocycles. The van der Waals surface area contributed by atoms with Crippen molar-refractivity contribution in [1.29, 1.82) is 0 Å². The molecule has 182 valence electrons. The standard InChI is InChI=1S/C26H27N3O6/c1-33-25(31)22-23(27-29(24(22)26(32)34-2)19-9-5-3-6-10-19)18-11-13-20(14-12-18)35-17-21(30)28-15-7-4-8-16-28/h3,5-6,9-14H,4,7-8,15-17H2,1-2H3. The minimum absolute atomic E-state index is 0.00264. The summed E-state index contributed by atoms with van der Waals surface area (Å²) in [6.07, 6.45) is 3.19. The third-order valence-corrected chi connectivity index (χ3v) is 5.85. The van der Waals surface area contributed by atoms with Crippen molar-refractivity contribution >= 4 is 17.8 Å². The topological polar surface area (TPSA) is 100.0 Å². The summed E-state index contributed by atoms with van der Waals surface area (Å²) < 4.78 is 17.0. The molecule has 0 radical (unpaired) electrons. The van der Waals surface area contributed by atoms with Gasteiger partial charge >= 0.3 is 11.9 Å². The molecule has 4 rings (SSSR count). The number of para-hydroxylation sites is 1. The van der Waals surface area contributed by atoms with Crippen molar-refractivity contribution in [2.75, 3.05) is 33.9 Å². The molecular weight excluding hydrogens is 450 g/mol. The number of methoxy groups -OCH3 is 2. The predicted octanol–water partition coefficient (Wildman–Crippen LogP) is 3.50. The Morgan fingerprint density at radius 3 is 2.14 bits per heavy atom. The van der Waals surface area contributed by atoms with Crippen LogP contribution in [0, 0.1) is 0 Å². The maximum atomic E-state index is 12.7. The van der Waals surface area contributed by atoms with Crippen molar-refractivity contribution in [3.8, 4) is 22.7 Å². The summed E-state index contributed by atoms with van der Waals surface area (Å²) in [6, 6.07) is 15.8. The van der Waals surface area contributed by atoms with Crippen LogP contribution in [0.4, 0.5) is 0 Å². The highest BCUT2D eigenvalue weighted by Crippen LogP contribution is 2.30. The molecule has 0 aliphatic carbocycles. The zero-order valence-corrected chi connectivity index (χ0v) is 19.7. The van der Waals surface area contributed by atoms with Crippen LogP contribution in [-0.4, -0.2) is 66.4 Å². The molecular formula is C26H27N3O6. The Bertz CT molecular complexity index is 1200. The van der Waals surface area contributed by atoms with E-state index in [1.807, 2.05) is 11.0 Å². The van der Waals surface area contributed by atoms with E-state index in [4.69, 9.17) is 14.2 Å². The lowest BCUT2D eigenvalue weighted by Gasteiger charge is -2.26. The Kier molecular flexibility index (Phi) is 7.45. The third-order valence-electron chi connectivity index (χ3n) is 5.85. The van der Waals surface area contributed by atoms with Crippen LogP contribution in [0.25, 0.3) is 16.9 Å². The van der Waals surface area contributed by atoms with E-state index in [0.29, 0.717) is 17.0 Å². The minimum Gasteiger partial charge on any atom is -0.484 e. The summed E-state index contributed by atoms with van der Waals surface area (Å²) in [4.78, 5) is 39.6. The number of hydrogen-bond acceptors (Lipinski definition) is 7. The van der Waals surface area contributed by atoms with Crippen LogP contribution in [0.15, 0.2) is 54.6 Å². The van der Waals surface area contributed by atoms with E-state index >= 15 is 0 Å². The number of rotatable bonds is 7. The van der Waals surface area contributed by atoms with Crippen LogP contribution in [0.1, 0.15) is 40.1 Å². The number of ether oxygens (including phenoxy) is 3. The lowest BCUT2D eigenvalue weighted by molar-refractivity contribution is -0.134. The first-order chi connectivity index (χ1) is 17.0. The second-order valence-corrected chi connectivity index (χ2v) is 8.06. The molecule has 35 heavy (non-hydrogen) atoms. The number of carbonyl (C=O) groups excluding carboxylic acids is 3. The van der Waals surface area contributed by atoms with Gasteiger partial charge < -0.3 is 19.1 Å². The SMILES string of the molecule is COC(=O)c1c(-c2ccc(OCC(=O)N3CCCCC3)cc2)nn(-c2ccccc2)c1C(=O)OC. The van der Waals surface area contributed by atoms with E-state index in [9.17, 15) is 14.4 Å². The van der Waals surface area contributed by atoms with Crippen molar-refractivity contribution in [3.63, 3.8) is 0 Å². The van der Waals surface area contributed by atoms with Crippen LogP contribution < -0.4 is 4.74 Å². The number of piperidine rings is 1. The Balaban J connectivity index is 1.64. The lowest BCUT2D eigenvalue weighted by atomic mass is 10.1. The van der Waals surface area contributed by atoms with Crippen LogP contribution in [0.3, 0.4) is 0 Å². The monoisotopic (exact) mass is 477 g/mol. The van der Waals surface area contributed by atoms with Gasteiger partial charge in [-0.15, -0.1) is 0 Å². The molecule has 1 amide bonds. The van der Waals surface area contributed by atoms with Crippen molar-refractivity contribution < 1.29 is 28.6 Å². The highest BCUT2D eigenvalue weighted by molar-refractivity contribution is 6.06. The van der Waals surface area contributed by atoms with Gasteiger partial charge in [0.15, 0.2) is 12.3 Å². The van der Waals surface area contributed by atoms with E-state index in [1.165, 1.54) is 18.9 Å². The predicted molar refractivity (Wildman–Crippen MR) is 128 cm³/mol. The van der Waals surface area contributed by atoms with Gasteiger partial charge in [0, 0.05) is 18.7 Å². The molecule has 1 fully saturated rings. The molecule has 0 spiro atoms. The molecule has 1 saturated heterocycles. The summed E-state index contributed by atoms with van der Waals surface area (Å²) in [7, 11) is 2.48. The number of nitrogens with zero attached hydrogens (tertiary/aromatic N) is 3. The number of amides is 1. The van der Waals surface area contributed by atoms with Crippen molar-refractivity contribution in [3.05, 3.63) is 65.9 Å². The van der Waals surface area contributed by atoms with Gasteiger partial charge in [-0.2, -0.15) is 5.10 Å². The first-order valence-electron chi connectivity index (χ1n) is 11.4. The zero-order valence-electron chi connectivity index (χ0n) is 19.7. The normalized spacial score (nSPS) is 13.3. The van der Waals surface area contributed by atoms with Gasteiger partial charge in [-0.3, -0.25) is 4.79 Å². The molecule has 3 aromatic rings. The zero-order chi connectivity index (χ0) is 24.8. The first-order valence-corrected chi connectivity index (χ1v) is 11.4. The summed E-state index contributed by atoms with van der Waals surface area (Å²) in [5.74, 6) is -0.959. The van der Waals surface area contributed by atoms with Gasteiger partial charge in [0.05, 0.1) is 19.9 Å². The minimum atomic E-state index is -0.718. The van der Waals surface area contributed by atoms with Gasteiger partial charge in [-0.05, 0) is 55.7 Å². The number of hydrogen-bond donors (Lipinski definition) is 0. The Morgan fingerprint density at radius 2 is 1.51 bits per heavy atom. The van der Waals surface area contributed by atoms with E-state index in [2.05, 4.69) is 5.10 Å². The third kappa shape index (κ3) is 5.18. The van der Waals surface area contributed by atoms with Gasteiger partial charge in [0.25, 0.3) is 5.91 Å². The Morgan fingerprint density at radius 1 is 0.857 bits per heavy atom. The number of benzene rings is 2. The average Bonchev–Trinajstić information content (AvgIpc) is 3.33. The van der Waals surface area contributed by atoms with Crippen molar-refractivity contribution in [1.82, 2.24) is 14.7 Å².